The van der Waals surface area contributed by atoms with Crippen LogP contribution in [0.25, 0.3) is 11.3 Å². The first kappa shape index (κ1) is 18.0. The Labute approximate surface area is 169 Å². The number of tetrazole rings is 1. The van der Waals surface area contributed by atoms with Crippen molar-refractivity contribution in [2.75, 3.05) is 26.2 Å². The molecule has 1 aromatic carbocycles. The number of pyridine rings is 1. The predicted molar refractivity (Wildman–Crippen MR) is 110 cm³/mol. The monoisotopic (exact) mass is 388 g/mol. The second-order valence-corrected chi connectivity index (χ2v) is 7.47. The van der Waals surface area contributed by atoms with Crippen molar-refractivity contribution in [3.05, 3.63) is 72.4 Å². The number of hydrogen-bond acceptors (Lipinski definition) is 6. The Morgan fingerprint density at radius 1 is 0.966 bits per heavy atom. The van der Waals surface area contributed by atoms with Gasteiger partial charge in [0.05, 0.1) is 17.4 Å². The van der Waals surface area contributed by atoms with Crippen LogP contribution in [-0.2, 0) is 6.54 Å². The van der Waals surface area contributed by atoms with Crippen LogP contribution >= 0.6 is 0 Å². The maximum atomic E-state index is 4.72. The number of piperazine rings is 1. The molecule has 5 rings (SSSR count). The Bertz CT molecular complexity index is 1050. The second kappa shape index (κ2) is 7.73. The molecule has 8 nitrogen and oxygen atoms in total. The molecule has 0 radical (unpaired) electrons. The molecule has 1 aliphatic rings. The topological polar surface area (TPSA) is 67.4 Å². The van der Waals surface area contributed by atoms with Gasteiger partial charge in [-0.3, -0.25) is 9.80 Å². The molecule has 1 atom stereocenters. The minimum atomic E-state index is 0.155. The molecule has 1 saturated heterocycles. The Kier molecular flexibility index (Phi) is 4.79. The maximum absolute atomic E-state index is 4.72. The molecule has 0 spiro atoms. The lowest BCUT2D eigenvalue weighted by Gasteiger charge is -2.37. The summed E-state index contributed by atoms with van der Waals surface area (Å²) in [6.07, 6.45) is 4.17. The molecule has 0 bridgehead atoms. The van der Waals surface area contributed by atoms with Gasteiger partial charge in [-0.2, -0.15) is 4.68 Å². The number of aromatic nitrogens is 6. The molecule has 4 heterocycles. The average molecular weight is 388 g/mol. The highest BCUT2D eigenvalue weighted by Crippen LogP contribution is 2.22. The summed E-state index contributed by atoms with van der Waals surface area (Å²) in [6, 6.07) is 16.3. The van der Waals surface area contributed by atoms with Gasteiger partial charge in [0.15, 0.2) is 5.82 Å². The highest BCUT2D eigenvalue weighted by molar-refractivity contribution is 5.39. The number of nitrogens with zero attached hydrogens (tertiary/aromatic N) is 8. The molecule has 4 aromatic rings. The first-order valence-electron chi connectivity index (χ1n) is 10.0. The fourth-order valence-electron chi connectivity index (χ4n) is 3.97. The highest BCUT2D eigenvalue weighted by atomic mass is 15.6. The van der Waals surface area contributed by atoms with Gasteiger partial charge in [-0.05, 0) is 41.6 Å². The maximum Gasteiger partial charge on any atom is 0.173 e. The zero-order valence-electron chi connectivity index (χ0n) is 16.5. The summed E-state index contributed by atoms with van der Waals surface area (Å²) >= 11 is 0. The average Bonchev–Trinajstić information content (AvgIpc) is 3.41. The normalized spacial score (nSPS) is 17.0. The van der Waals surface area contributed by atoms with E-state index in [4.69, 9.17) is 4.98 Å². The lowest BCUT2D eigenvalue weighted by molar-refractivity contribution is 0.0932. The van der Waals surface area contributed by atoms with Crippen molar-refractivity contribution in [1.82, 2.24) is 39.4 Å². The summed E-state index contributed by atoms with van der Waals surface area (Å²) in [6.45, 7) is 7.04. The zero-order valence-corrected chi connectivity index (χ0v) is 16.5. The quantitative estimate of drug-likeness (QED) is 0.522. The summed E-state index contributed by atoms with van der Waals surface area (Å²) < 4.78 is 3.92. The van der Waals surface area contributed by atoms with E-state index < -0.39 is 0 Å². The van der Waals surface area contributed by atoms with Crippen molar-refractivity contribution in [2.24, 2.45) is 0 Å². The van der Waals surface area contributed by atoms with Gasteiger partial charge < -0.3 is 4.40 Å². The zero-order chi connectivity index (χ0) is 19.6. The van der Waals surface area contributed by atoms with Crippen molar-refractivity contribution in [3.63, 3.8) is 0 Å². The van der Waals surface area contributed by atoms with Gasteiger partial charge in [0.25, 0.3) is 0 Å². The fourth-order valence-corrected chi connectivity index (χ4v) is 3.97. The van der Waals surface area contributed by atoms with Gasteiger partial charge in [-0.15, -0.1) is 5.10 Å². The van der Waals surface area contributed by atoms with E-state index in [0.29, 0.717) is 0 Å². The van der Waals surface area contributed by atoms with Crippen LogP contribution in [0.2, 0.25) is 0 Å². The Balaban J connectivity index is 1.23. The number of fused-ring (bicyclic) bond motifs is 1. The van der Waals surface area contributed by atoms with E-state index in [2.05, 4.69) is 42.8 Å². The highest BCUT2D eigenvalue weighted by Gasteiger charge is 2.26. The number of para-hydroxylation sites is 1. The minimum absolute atomic E-state index is 0.155. The predicted octanol–water partition coefficient (Wildman–Crippen LogP) is 2.19. The summed E-state index contributed by atoms with van der Waals surface area (Å²) in [4.78, 5) is 9.64. The van der Waals surface area contributed by atoms with E-state index in [-0.39, 0.29) is 6.04 Å². The molecular weight excluding hydrogens is 364 g/mol. The molecule has 3 aromatic heterocycles. The van der Waals surface area contributed by atoms with E-state index in [1.54, 1.807) is 0 Å². The van der Waals surface area contributed by atoms with Crippen molar-refractivity contribution < 1.29 is 0 Å². The molecular formula is C21H24N8. The van der Waals surface area contributed by atoms with Gasteiger partial charge >= 0.3 is 0 Å². The minimum Gasteiger partial charge on any atom is -0.307 e. The van der Waals surface area contributed by atoms with Crippen molar-refractivity contribution in [1.29, 1.82) is 0 Å². The molecule has 148 valence electrons. The third kappa shape index (κ3) is 3.64. The first-order chi connectivity index (χ1) is 14.3. The Morgan fingerprint density at radius 2 is 1.76 bits per heavy atom. The largest absolute Gasteiger partial charge is 0.307 e. The van der Waals surface area contributed by atoms with Crippen LogP contribution in [0.4, 0.5) is 0 Å². The standard InChI is InChI=1S/C21H24N8/c1-17(21-23-24-25-29(21)19-7-3-2-4-8-19)27-13-11-26(12-14-27)15-18-16-28-10-6-5-9-20(28)22-18/h2-10,16-17H,11-15H2,1H3. The molecule has 1 unspecified atom stereocenters. The van der Waals surface area contributed by atoms with Gasteiger partial charge in [0.1, 0.15) is 5.65 Å². The van der Waals surface area contributed by atoms with Crippen LogP contribution in [-0.4, -0.2) is 65.6 Å². The lowest BCUT2D eigenvalue weighted by Crippen LogP contribution is -2.47. The van der Waals surface area contributed by atoms with E-state index >= 15 is 0 Å². The number of imidazole rings is 1. The summed E-state index contributed by atoms with van der Waals surface area (Å²) in [5.41, 5.74) is 3.11. The molecule has 0 saturated carbocycles. The van der Waals surface area contributed by atoms with Gasteiger partial charge in [-0.25, -0.2) is 4.98 Å². The van der Waals surface area contributed by atoms with E-state index in [1.165, 1.54) is 0 Å². The molecule has 8 heteroatoms. The van der Waals surface area contributed by atoms with E-state index in [0.717, 1.165) is 55.6 Å². The molecule has 29 heavy (non-hydrogen) atoms. The van der Waals surface area contributed by atoms with Crippen molar-refractivity contribution >= 4 is 5.65 Å². The SMILES string of the molecule is CC(c1nnnn1-c1ccccc1)N1CCN(Cc2cn3ccccc3n2)CC1. The third-order valence-corrected chi connectivity index (χ3v) is 5.62. The van der Waals surface area contributed by atoms with Crippen LogP contribution in [0.3, 0.4) is 0 Å². The summed E-state index contributed by atoms with van der Waals surface area (Å²) in [7, 11) is 0. The van der Waals surface area contributed by atoms with E-state index in [9.17, 15) is 0 Å². The van der Waals surface area contributed by atoms with Gasteiger partial charge in [-0.1, -0.05) is 24.3 Å². The number of benzene rings is 1. The van der Waals surface area contributed by atoms with Crippen LogP contribution in [0.15, 0.2) is 60.9 Å². The summed E-state index contributed by atoms with van der Waals surface area (Å²) in [5.74, 6) is 0.880. The molecule has 1 fully saturated rings. The van der Waals surface area contributed by atoms with E-state index in [1.807, 2.05) is 59.4 Å². The summed E-state index contributed by atoms with van der Waals surface area (Å²) in [5, 5.41) is 12.4. The Hall–Kier alpha value is -3.10. The first-order valence-corrected chi connectivity index (χ1v) is 10.0. The molecule has 1 aliphatic heterocycles. The Morgan fingerprint density at radius 3 is 2.55 bits per heavy atom. The van der Waals surface area contributed by atoms with Crippen molar-refractivity contribution in [3.8, 4) is 5.69 Å². The molecule has 0 aliphatic carbocycles. The smallest absolute Gasteiger partial charge is 0.173 e. The number of rotatable bonds is 5. The fraction of sp³-hybridized carbons (Fsp3) is 0.333. The lowest BCUT2D eigenvalue weighted by atomic mass is 10.2. The second-order valence-electron chi connectivity index (χ2n) is 7.47. The van der Waals surface area contributed by atoms with Crippen LogP contribution < -0.4 is 0 Å². The van der Waals surface area contributed by atoms with Crippen LogP contribution in [0, 0.1) is 0 Å². The van der Waals surface area contributed by atoms with Gasteiger partial charge in [0.2, 0.25) is 0 Å². The molecule has 0 amide bonds. The number of hydrogen-bond donors (Lipinski definition) is 0. The van der Waals surface area contributed by atoms with Crippen molar-refractivity contribution in [2.45, 2.75) is 19.5 Å². The molecule has 0 N–H and O–H groups in total. The van der Waals surface area contributed by atoms with Gasteiger partial charge in [0, 0.05) is 45.1 Å². The van der Waals surface area contributed by atoms with Crippen LogP contribution in [0.1, 0.15) is 24.5 Å². The van der Waals surface area contributed by atoms with Crippen LogP contribution in [0.5, 0.6) is 0 Å². The third-order valence-electron chi connectivity index (χ3n) is 5.62.